The molecule has 0 aromatic heterocycles. The van der Waals surface area contributed by atoms with Crippen LogP contribution in [0.3, 0.4) is 0 Å². The molecule has 0 bridgehead atoms. The fourth-order valence-electron chi connectivity index (χ4n) is 2.61. The SMILES string of the molecule is C.C.C.C.CCC(C)C(=O)N1C(=O)CCC1=O.CCC(C)C(=O)N1C(=O)CCCC1=O. The molecule has 0 spiro atoms. The van der Waals surface area contributed by atoms with Gasteiger partial charge in [-0.2, -0.15) is 0 Å². The fourth-order valence-corrected chi connectivity index (χ4v) is 2.61. The molecule has 182 valence electrons. The number of imide groups is 6. The maximum atomic E-state index is 11.6. The topological polar surface area (TPSA) is 109 Å². The van der Waals surface area contributed by atoms with Gasteiger partial charge in [0.1, 0.15) is 0 Å². The second-order valence-electron chi connectivity index (χ2n) is 6.89. The monoisotopic (exact) mass is 444 g/mol. The molecule has 2 heterocycles. The lowest BCUT2D eigenvalue weighted by atomic mass is 10.0. The van der Waals surface area contributed by atoms with Crippen molar-refractivity contribution in [1.82, 2.24) is 9.80 Å². The summed E-state index contributed by atoms with van der Waals surface area (Å²) in [5.41, 5.74) is 0. The molecular weight excluding hydrogens is 400 g/mol. The van der Waals surface area contributed by atoms with E-state index in [4.69, 9.17) is 0 Å². The third-order valence-corrected chi connectivity index (χ3v) is 4.84. The standard InChI is InChI=1S/C10H15NO3.C9H13NO3.4CH4/c1-3-7(2)10(14)11-8(12)5-4-6-9(11)13;1-3-6(2)9(13)10-7(11)4-5-8(10)12;;;;/h7H,3-6H2,1-2H3;6H,3-5H2,1-2H3;4*1H4. The maximum absolute atomic E-state index is 11.6. The number of hydrogen-bond donors (Lipinski definition) is 0. The van der Waals surface area contributed by atoms with Crippen molar-refractivity contribution in [3.63, 3.8) is 0 Å². The van der Waals surface area contributed by atoms with E-state index >= 15 is 0 Å². The van der Waals surface area contributed by atoms with Crippen LogP contribution in [0.2, 0.25) is 0 Å². The molecular formula is C23H44N2O6. The Balaban J connectivity index is -0.000000209. The lowest BCUT2D eigenvalue weighted by Gasteiger charge is -2.25. The number of nitrogens with zero attached hydrogens (tertiary/aromatic N) is 2. The molecule has 2 saturated heterocycles. The van der Waals surface area contributed by atoms with E-state index in [9.17, 15) is 28.8 Å². The van der Waals surface area contributed by atoms with Crippen LogP contribution >= 0.6 is 0 Å². The van der Waals surface area contributed by atoms with Crippen LogP contribution in [0, 0.1) is 11.8 Å². The highest BCUT2D eigenvalue weighted by molar-refractivity contribution is 6.15. The van der Waals surface area contributed by atoms with E-state index < -0.39 is 0 Å². The normalized spacial score (nSPS) is 17.0. The fraction of sp³-hybridized carbons (Fsp3) is 0.739. The van der Waals surface area contributed by atoms with Crippen molar-refractivity contribution in [2.24, 2.45) is 11.8 Å². The number of amides is 6. The minimum absolute atomic E-state index is 0. The molecule has 2 unspecified atom stereocenters. The van der Waals surface area contributed by atoms with Crippen LogP contribution in [-0.2, 0) is 28.8 Å². The minimum Gasteiger partial charge on any atom is -0.274 e. The predicted octanol–water partition coefficient (Wildman–Crippen LogP) is 4.35. The molecule has 0 aromatic carbocycles. The van der Waals surface area contributed by atoms with E-state index in [1.807, 2.05) is 13.8 Å². The zero-order valence-electron chi connectivity index (χ0n) is 16.4. The summed E-state index contributed by atoms with van der Waals surface area (Å²) in [6, 6.07) is 0. The Morgan fingerprint density at radius 3 is 1.16 bits per heavy atom. The van der Waals surface area contributed by atoms with Crippen LogP contribution < -0.4 is 0 Å². The van der Waals surface area contributed by atoms with Gasteiger partial charge >= 0.3 is 0 Å². The van der Waals surface area contributed by atoms with Gasteiger partial charge in [0.05, 0.1) is 0 Å². The van der Waals surface area contributed by atoms with Gasteiger partial charge in [0.25, 0.3) is 0 Å². The smallest absolute Gasteiger partial charge is 0.238 e. The highest BCUT2D eigenvalue weighted by Crippen LogP contribution is 2.17. The number of carbonyl (C=O) groups excluding carboxylic acids is 6. The minimum atomic E-state index is -0.352. The summed E-state index contributed by atoms with van der Waals surface area (Å²) in [5.74, 6) is -2.58. The van der Waals surface area contributed by atoms with E-state index in [-0.39, 0.29) is 89.8 Å². The molecule has 2 rings (SSSR count). The quantitative estimate of drug-likeness (QED) is 0.596. The molecule has 2 aliphatic rings. The number of rotatable bonds is 4. The van der Waals surface area contributed by atoms with Crippen molar-refractivity contribution in [1.29, 1.82) is 0 Å². The summed E-state index contributed by atoms with van der Waals surface area (Å²) >= 11 is 0. The first-order valence-electron chi connectivity index (χ1n) is 9.44. The molecule has 0 N–H and O–H groups in total. The Kier molecular flexibility index (Phi) is 19.0. The Labute approximate surface area is 188 Å². The van der Waals surface area contributed by atoms with E-state index in [0.717, 1.165) is 9.80 Å². The summed E-state index contributed by atoms with van der Waals surface area (Å²) in [7, 11) is 0. The van der Waals surface area contributed by atoms with Gasteiger partial charge in [0.15, 0.2) is 0 Å². The van der Waals surface area contributed by atoms with Gasteiger partial charge in [0, 0.05) is 37.5 Å². The Hall–Kier alpha value is -2.38. The average molecular weight is 445 g/mol. The number of hydrogen-bond acceptors (Lipinski definition) is 6. The molecule has 0 radical (unpaired) electrons. The van der Waals surface area contributed by atoms with Gasteiger partial charge < -0.3 is 0 Å². The number of likely N-dealkylation sites (tertiary alicyclic amines) is 2. The van der Waals surface area contributed by atoms with Gasteiger partial charge in [-0.1, -0.05) is 57.4 Å². The Morgan fingerprint density at radius 1 is 0.645 bits per heavy atom. The summed E-state index contributed by atoms with van der Waals surface area (Å²) < 4.78 is 0. The number of carbonyl (C=O) groups is 6. The largest absolute Gasteiger partial charge is 0.274 e. The average Bonchev–Trinajstić information content (AvgIpc) is 2.98. The predicted molar refractivity (Wildman–Crippen MR) is 123 cm³/mol. The lowest BCUT2D eigenvalue weighted by Crippen LogP contribution is -2.46. The van der Waals surface area contributed by atoms with E-state index in [0.29, 0.717) is 32.1 Å². The summed E-state index contributed by atoms with van der Waals surface area (Å²) in [5, 5.41) is 0. The van der Waals surface area contributed by atoms with Crippen molar-refractivity contribution in [3.8, 4) is 0 Å². The van der Waals surface area contributed by atoms with Crippen LogP contribution in [0.1, 0.15) is 102 Å². The van der Waals surface area contributed by atoms with Gasteiger partial charge in [-0.15, -0.1) is 0 Å². The molecule has 0 aliphatic carbocycles. The van der Waals surface area contributed by atoms with Gasteiger partial charge in [-0.05, 0) is 19.3 Å². The zero-order valence-corrected chi connectivity index (χ0v) is 16.4. The maximum Gasteiger partial charge on any atom is 0.238 e. The second kappa shape index (κ2) is 16.3. The van der Waals surface area contributed by atoms with Gasteiger partial charge in [-0.3, -0.25) is 28.8 Å². The molecule has 8 heteroatoms. The first-order valence-corrected chi connectivity index (χ1v) is 9.44. The van der Waals surface area contributed by atoms with Crippen LogP contribution in [0.4, 0.5) is 0 Å². The Morgan fingerprint density at radius 2 is 0.903 bits per heavy atom. The van der Waals surface area contributed by atoms with Crippen molar-refractivity contribution in [2.75, 3.05) is 0 Å². The van der Waals surface area contributed by atoms with E-state index in [1.165, 1.54) is 0 Å². The Bertz CT molecular complexity index is 612. The third-order valence-electron chi connectivity index (χ3n) is 4.84. The van der Waals surface area contributed by atoms with Crippen LogP contribution in [0.25, 0.3) is 0 Å². The highest BCUT2D eigenvalue weighted by Gasteiger charge is 2.36. The lowest BCUT2D eigenvalue weighted by molar-refractivity contribution is -0.158. The van der Waals surface area contributed by atoms with Crippen LogP contribution in [0.15, 0.2) is 0 Å². The summed E-state index contributed by atoms with van der Waals surface area (Å²) in [6.45, 7) is 7.17. The molecule has 2 atom stereocenters. The highest BCUT2D eigenvalue weighted by atomic mass is 16.2. The molecule has 8 nitrogen and oxygen atoms in total. The second-order valence-corrected chi connectivity index (χ2v) is 6.89. The third kappa shape index (κ3) is 9.11. The molecule has 0 aromatic rings. The van der Waals surface area contributed by atoms with Crippen LogP contribution in [-0.4, -0.2) is 45.2 Å². The molecule has 2 fully saturated rings. The molecule has 31 heavy (non-hydrogen) atoms. The van der Waals surface area contributed by atoms with Crippen molar-refractivity contribution in [3.05, 3.63) is 0 Å². The first kappa shape index (κ1) is 36.0. The molecule has 0 saturated carbocycles. The summed E-state index contributed by atoms with van der Waals surface area (Å²) in [6.07, 6.45) is 2.86. The molecule has 2 aliphatic heterocycles. The number of piperidine rings is 1. The van der Waals surface area contributed by atoms with Crippen molar-refractivity contribution in [2.45, 2.75) is 102 Å². The summed E-state index contributed by atoms with van der Waals surface area (Å²) in [4.78, 5) is 69.7. The van der Waals surface area contributed by atoms with Gasteiger partial charge in [-0.25, -0.2) is 9.80 Å². The van der Waals surface area contributed by atoms with E-state index in [1.54, 1.807) is 13.8 Å². The zero-order chi connectivity index (χ0) is 20.7. The van der Waals surface area contributed by atoms with E-state index in [2.05, 4.69) is 0 Å². The van der Waals surface area contributed by atoms with Crippen LogP contribution in [0.5, 0.6) is 0 Å². The first-order chi connectivity index (χ1) is 12.6. The molecule has 6 amide bonds. The van der Waals surface area contributed by atoms with Crippen molar-refractivity contribution < 1.29 is 28.8 Å². The van der Waals surface area contributed by atoms with Gasteiger partial charge in [0.2, 0.25) is 35.4 Å². The van der Waals surface area contributed by atoms with Crippen molar-refractivity contribution >= 4 is 35.4 Å².